The third-order valence-corrected chi connectivity index (χ3v) is 5.92. The first kappa shape index (κ1) is 21.7. The van der Waals surface area contributed by atoms with Crippen molar-refractivity contribution in [3.63, 3.8) is 0 Å². The van der Waals surface area contributed by atoms with E-state index in [0.29, 0.717) is 25.1 Å². The van der Waals surface area contributed by atoms with Crippen LogP contribution in [0.1, 0.15) is 37.8 Å². The number of aliphatic carboxylic acids is 1. The number of carboxylic acid groups (broad SMARTS) is 1. The Kier molecular flexibility index (Phi) is 6.65. The van der Waals surface area contributed by atoms with Crippen LogP contribution in [-0.4, -0.2) is 47.7 Å². The largest absolute Gasteiger partial charge is 0.480 e. The summed E-state index contributed by atoms with van der Waals surface area (Å²) in [5.74, 6) is -0.949. The zero-order chi connectivity index (χ0) is 21.8. The first-order valence-electron chi connectivity index (χ1n) is 10.6. The van der Waals surface area contributed by atoms with Crippen LogP contribution in [0.3, 0.4) is 0 Å². The zero-order valence-corrected chi connectivity index (χ0v) is 18.2. The number of nitrogens with one attached hydrogen (secondary N) is 1. The molecule has 3 rings (SSSR count). The van der Waals surface area contributed by atoms with E-state index in [9.17, 15) is 14.7 Å². The molecule has 160 valence electrons. The number of nitrogens with zero attached hydrogens (tertiary/aromatic N) is 2. The fourth-order valence-corrected chi connectivity index (χ4v) is 4.36. The van der Waals surface area contributed by atoms with Crippen LogP contribution in [0.4, 0.5) is 16.2 Å². The molecule has 0 spiro atoms. The molecule has 6 nitrogen and oxygen atoms in total. The maximum atomic E-state index is 13.0. The maximum Gasteiger partial charge on any atom is 0.326 e. The normalized spacial score (nSPS) is 15.9. The van der Waals surface area contributed by atoms with Gasteiger partial charge in [0.15, 0.2) is 0 Å². The molecule has 6 heteroatoms. The number of likely N-dealkylation sites (tertiary alicyclic amines) is 1. The van der Waals surface area contributed by atoms with E-state index in [1.807, 2.05) is 25.1 Å². The van der Waals surface area contributed by atoms with E-state index in [2.05, 4.69) is 49.2 Å². The van der Waals surface area contributed by atoms with Crippen LogP contribution in [0.2, 0.25) is 0 Å². The van der Waals surface area contributed by atoms with Crippen LogP contribution >= 0.6 is 0 Å². The highest BCUT2D eigenvalue weighted by molar-refractivity contribution is 5.99. The first-order valence-corrected chi connectivity index (χ1v) is 10.6. The highest BCUT2D eigenvalue weighted by Gasteiger charge is 2.34. The van der Waals surface area contributed by atoms with E-state index in [0.717, 1.165) is 41.0 Å². The molecule has 1 aliphatic rings. The number of benzene rings is 2. The maximum absolute atomic E-state index is 13.0. The van der Waals surface area contributed by atoms with Crippen molar-refractivity contribution in [3.8, 4) is 11.1 Å². The Bertz CT molecular complexity index is 937. The standard InChI is InChI=1S/C24H31N3O3/c1-5-26(6-2)19-13-8-11-17(4)22(19)21-16(3)10-7-12-18(21)25-24(30)27-15-9-14-20(27)23(28)29/h7-8,10-13,20H,5-6,9,14-15H2,1-4H3,(H,25,30)(H,28,29). The Morgan fingerprint density at radius 3 is 2.33 bits per heavy atom. The third kappa shape index (κ3) is 4.13. The van der Waals surface area contributed by atoms with Gasteiger partial charge in [-0.3, -0.25) is 0 Å². The van der Waals surface area contributed by atoms with E-state index < -0.39 is 12.0 Å². The summed E-state index contributed by atoms with van der Waals surface area (Å²) in [6.45, 7) is 10.6. The summed E-state index contributed by atoms with van der Waals surface area (Å²) in [4.78, 5) is 28.2. The van der Waals surface area contributed by atoms with E-state index in [-0.39, 0.29) is 6.03 Å². The number of urea groups is 1. The van der Waals surface area contributed by atoms with Crippen molar-refractivity contribution in [1.82, 2.24) is 4.90 Å². The molecule has 2 N–H and O–H groups in total. The average molecular weight is 410 g/mol. The average Bonchev–Trinajstić information content (AvgIpc) is 3.21. The van der Waals surface area contributed by atoms with E-state index in [4.69, 9.17) is 0 Å². The Morgan fingerprint density at radius 1 is 1.07 bits per heavy atom. The molecule has 0 radical (unpaired) electrons. The van der Waals surface area contributed by atoms with Crippen molar-refractivity contribution in [2.24, 2.45) is 0 Å². The Hall–Kier alpha value is -3.02. The van der Waals surface area contributed by atoms with Crippen LogP contribution in [0.25, 0.3) is 11.1 Å². The van der Waals surface area contributed by atoms with Gasteiger partial charge in [-0.15, -0.1) is 0 Å². The van der Waals surface area contributed by atoms with Gasteiger partial charge in [0.1, 0.15) is 6.04 Å². The molecule has 1 fully saturated rings. The molecule has 1 heterocycles. The SMILES string of the molecule is CCN(CC)c1cccc(C)c1-c1c(C)cccc1NC(=O)N1CCCC1C(=O)O. The van der Waals surface area contributed by atoms with Crippen LogP contribution in [0.5, 0.6) is 0 Å². The van der Waals surface area contributed by atoms with Gasteiger partial charge in [-0.2, -0.15) is 0 Å². The van der Waals surface area contributed by atoms with E-state index >= 15 is 0 Å². The molecule has 0 saturated carbocycles. The number of carbonyl (C=O) groups is 2. The van der Waals surface area contributed by atoms with Crippen LogP contribution in [0, 0.1) is 13.8 Å². The number of hydrogen-bond acceptors (Lipinski definition) is 3. The van der Waals surface area contributed by atoms with Crippen molar-refractivity contribution in [2.45, 2.75) is 46.6 Å². The zero-order valence-electron chi connectivity index (χ0n) is 18.2. The molecule has 0 bridgehead atoms. The minimum Gasteiger partial charge on any atom is -0.480 e. The summed E-state index contributed by atoms with van der Waals surface area (Å²) in [6, 6.07) is 11.0. The number of carbonyl (C=O) groups excluding carboxylic acids is 1. The lowest BCUT2D eigenvalue weighted by atomic mass is 9.92. The van der Waals surface area contributed by atoms with E-state index in [1.54, 1.807) is 0 Å². The van der Waals surface area contributed by atoms with Crippen LogP contribution < -0.4 is 10.2 Å². The lowest BCUT2D eigenvalue weighted by molar-refractivity contribution is -0.141. The molecular weight excluding hydrogens is 378 g/mol. The van der Waals surface area contributed by atoms with Gasteiger partial charge in [0.2, 0.25) is 0 Å². The molecule has 1 saturated heterocycles. The number of aryl methyl sites for hydroxylation is 2. The smallest absolute Gasteiger partial charge is 0.326 e. The number of rotatable bonds is 6. The molecule has 30 heavy (non-hydrogen) atoms. The lowest BCUT2D eigenvalue weighted by Crippen LogP contribution is -2.42. The van der Waals surface area contributed by atoms with Gasteiger partial charge >= 0.3 is 12.0 Å². The first-order chi connectivity index (χ1) is 14.4. The van der Waals surface area contributed by atoms with Gasteiger partial charge in [-0.25, -0.2) is 9.59 Å². The summed E-state index contributed by atoms with van der Waals surface area (Å²) in [5.41, 5.74) is 6.12. The van der Waals surface area contributed by atoms with Gasteiger partial charge < -0.3 is 20.2 Å². The van der Waals surface area contributed by atoms with Crippen molar-refractivity contribution < 1.29 is 14.7 Å². The molecule has 1 aliphatic heterocycles. The molecule has 2 aromatic carbocycles. The predicted octanol–water partition coefficient (Wildman–Crippen LogP) is 4.90. The predicted molar refractivity (Wildman–Crippen MR) is 121 cm³/mol. The van der Waals surface area contributed by atoms with Gasteiger partial charge in [0.05, 0.1) is 5.69 Å². The van der Waals surface area contributed by atoms with Crippen LogP contribution in [0.15, 0.2) is 36.4 Å². The number of hydrogen-bond donors (Lipinski definition) is 2. The number of anilines is 2. The van der Waals surface area contributed by atoms with Crippen molar-refractivity contribution in [1.29, 1.82) is 0 Å². The van der Waals surface area contributed by atoms with Crippen molar-refractivity contribution in [2.75, 3.05) is 29.9 Å². The molecule has 2 amide bonds. The van der Waals surface area contributed by atoms with Crippen molar-refractivity contribution in [3.05, 3.63) is 47.5 Å². The topological polar surface area (TPSA) is 72.9 Å². The minimum absolute atomic E-state index is 0.357. The van der Waals surface area contributed by atoms with E-state index in [1.165, 1.54) is 4.90 Å². The fourth-order valence-electron chi connectivity index (χ4n) is 4.36. The quantitative estimate of drug-likeness (QED) is 0.712. The van der Waals surface area contributed by atoms with Crippen LogP contribution in [-0.2, 0) is 4.79 Å². The summed E-state index contributed by atoms with van der Waals surface area (Å²) in [5, 5.41) is 12.4. The fraction of sp³-hybridized carbons (Fsp3) is 0.417. The summed E-state index contributed by atoms with van der Waals surface area (Å²) < 4.78 is 0. The highest BCUT2D eigenvalue weighted by Crippen LogP contribution is 2.40. The molecule has 1 atom stereocenters. The second-order valence-corrected chi connectivity index (χ2v) is 7.76. The van der Waals surface area contributed by atoms with Gasteiger partial charge in [-0.05, 0) is 63.8 Å². The second-order valence-electron chi connectivity index (χ2n) is 7.76. The Balaban J connectivity index is 2.05. The summed E-state index contributed by atoms with van der Waals surface area (Å²) in [7, 11) is 0. The van der Waals surface area contributed by atoms with Crippen molar-refractivity contribution >= 4 is 23.4 Å². The number of carboxylic acids is 1. The third-order valence-electron chi connectivity index (χ3n) is 5.92. The van der Waals surface area contributed by atoms with Gasteiger partial charge in [-0.1, -0.05) is 24.3 Å². The monoisotopic (exact) mass is 409 g/mol. The second kappa shape index (κ2) is 9.20. The summed E-state index contributed by atoms with van der Waals surface area (Å²) in [6.07, 6.45) is 1.20. The highest BCUT2D eigenvalue weighted by atomic mass is 16.4. The Morgan fingerprint density at radius 2 is 1.70 bits per heavy atom. The van der Waals surface area contributed by atoms with Gasteiger partial charge in [0, 0.05) is 36.4 Å². The summed E-state index contributed by atoms with van der Waals surface area (Å²) >= 11 is 0. The molecule has 0 aliphatic carbocycles. The Labute approximate surface area is 178 Å². The molecule has 1 unspecified atom stereocenters. The van der Waals surface area contributed by atoms with Gasteiger partial charge in [0.25, 0.3) is 0 Å². The number of amides is 2. The molecular formula is C24H31N3O3. The lowest BCUT2D eigenvalue weighted by Gasteiger charge is -2.28. The molecule has 2 aromatic rings. The molecule has 0 aromatic heterocycles. The minimum atomic E-state index is -0.949.